The minimum atomic E-state index is -0.536. The van der Waals surface area contributed by atoms with E-state index < -0.39 is 18.5 Å². The van der Waals surface area contributed by atoms with Crippen molar-refractivity contribution < 1.29 is 19.1 Å². The van der Waals surface area contributed by atoms with Gasteiger partial charge in [0.2, 0.25) is 5.91 Å². The Balaban J connectivity index is 2.10. The molecule has 0 unspecified atom stereocenters. The highest BCUT2D eigenvalue weighted by atomic mass is 32.1. The van der Waals surface area contributed by atoms with Crippen LogP contribution in [0.5, 0.6) is 0 Å². The summed E-state index contributed by atoms with van der Waals surface area (Å²) in [6, 6.07) is 3.99. The van der Waals surface area contributed by atoms with Gasteiger partial charge in [-0.1, -0.05) is 6.92 Å². The molecule has 2 aromatic heterocycles. The molecular weight excluding hydrogens is 390 g/mol. The van der Waals surface area contributed by atoms with Crippen molar-refractivity contribution in [3.8, 4) is 5.00 Å². The first kappa shape index (κ1) is 22.7. The number of ether oxygens (including phenoxy) is 1. The SMILES string of the molecule is CCCNC(=O)CN(C)C(=O)COC(=O)c1c(-n2c(C)ccc2C)sc(C)c1C. The molecule has 2 heterocycles. The number of carbonyl (C=O) groups is 3. The Morgan fingerprint density at radius 1 is 1.14 bits per heavy atom. The Morgan fingerprint density at radius 3 is 2.34 bits per heavy atom. The summed E-state index contributed by atoms with van der Waals surface area (Å²) in [7, 11) is 1.51. The van der Waals surface area contributed by atoms with Gasteiger partial charge in [0.25, 0.3) is 5.91 Å². The lowest BCUT2D eigenvalue weighted by Gasteiger charge is -2.17. The molecule has 0 aliphatic rings. The number of carbonyl (C=O) groups excluding carboxylic acids is 3. The van der Waals surface area contributed by atoms with Crippen LogP contribution in [0, 0.1) is 27.7 Å². The zero-order valence-electron chi connectivity index (χ0n) is 17.9. The van der Waals surface area contributed by atoms with Gasteiger partial charge in [-0.05, 0) is 51.8 Å². The summed E-state index contributed by atoms with van der Waals surface area (Å²) in [5.74, 6) is -1.20. The first-order chi connectivity index (χ1) is 13.7. The van der Waals surface area contributed by atoms with Crippen LogP contribution < -0.4 is 5.32 Å². The second kappa shape index (κ2) is 9.73. The maximum absolute atomic E-state index is 12.8. The molecule has 0 radical (unpaired) electrons. The van der Waals surface area contributed by atoms with Crippen LogP contribution in [0.15, 0.2) is 12.1 Å². The van der Waals surface area contributed by atoms with E-state index in [9.17, 15) is 14.4 Å². The lowest BCUT2D eigenvalue weighted by molar-refractivity contribution is -0.137. The number of aromatic nitrogens is 1. The standard InChI is InChI=1S/C21H29N3O4S/c1-7-10-22-17(25)11-23(6)18(26)12-28-21(27)19-15(4)16(5)29-20(19)24-13(2)8-9-14(24)3/h8-9H,7,10-12H2,1-6H3,(H,22,25). The van der Waals surface area contributed by atoms with E-state index in [2.05, 4.69) is 5.32 Å². The second-order valence-corrected chi connectivity index (χ2v) is 8.29. The average Bonchev–Trinajstić information content (AvgIpc) is 3.15. The maximum Gasteiger partial charge on any atom is 0.341 e. The van der Waals surface area contributed by atoms with Gasteiger partial charge in [-0.2, -0.15) is 0 Å². The first-order valence-electron chi connectivity index (χ1n) is 9.60. The molecule has 0 aromatic carbocycles. The van der Waals surface area contributed by atoms with E-state index in [0.717, 1.165) is 33.3 Å². The van der Waals surface area contributed by atoms with Crippen LogP contribution in [0.25, 0.3) is 5.00 Å². The van der Waals surface area contributed by atoms with Gasteiger partial charge in [0.05, 0.1) is 12.1 Å². The normalized spacial score (nSPS) is 10.7. The Hall–Kier alpha value is -2.61. The molecule has 0 spiro atoms. The number of nitrogens with one attached hydrogen (secondary N) is 1. The monoisotopic (exact) mass is 419 g/mol. The summed E-state index contributed by atoms with van der Waals surface area (Å²) in [6.07, 6.45) is 0.823. The fourth-order valence-electron chi connectivity index (χ4n) is 2.93. The van der Waals surface area contributed by atoms with Gasteiger partial charge in [0, 0.05) is 29.9 Å². The molecule has 2 aromatic rings. The van der Waals surface area contributed by atoms with Gasteiger partial charge in [-0.3, -0.25) is 9.59 Å². The summed E-state index contributed by atoms with van der Waals surface area (Å²) in [5.41, 5.74) is 3.37. The van der Waals surface area contributed by atoms with Crippen molar-refractivity contribution in [1.29, 1.82) is 0 Å². The molecule has 0 fully saturated rings. The second-order valence-electron chi connectivity index (χ2n) is 7.09. The molecule has 29 heavy (non-hydrogen) atoms. The Bertz CT molecular complexity index is 894. The molecule has 0 atom stereocenters. The van der Waals surface area contributed by atoms with Crippen LogP contribution in [0.4, 0.5) is 0 Å². The highest BCUT2D eigenvalue weighted by Gasteiger charge is 2.24. The van der Waals surface area contributed by atoms with E-state index in [1.54, 1.807) is 0 Å². The van der Waals surface area contributed by atoms with Crippen LogP contribution in [-0.4, -0.2) is 54.0 Å². The third-order valence-electron chi connectivity index (χ3n) is 4.75. The zero-order chi connectivity index (χ0) is 21.7. The van der Waals surface area contributed by atoms with Crippen molar-refractivity contribution in [3.05, 3.63) is 39.5 Å². The Kier molecular flexibility index (Phi) is 7.61. The number of hydrogen-bond acceptors (Lipinski definition) is 5. The highest BCUT2D eigenvalue weighted by molar-refractivity contribution is 7.15. The molecule has 7 nitrogen and oxygen atoms in total. The van der Waals surface area contributed by atoms with Crippen LogP contribution in [0.2, 0.25) is 0 Å². The van der Waals surface area contributed by atoms with Crippen molar-refractivity contribution in [2.45, 2.75) is 41.0 Å². The number of rotatable bonds is 8. The molecular formula is C21H29N3O4S. The van der Waals surface area contributed by atoms with E-state index in [-0.39, 0.29) is 12.5 Å². The van der Waals surface area contributed by atoms with E-state index in [0.29, 0.717) is 12.1 Å². The third-order valence-corrected chi connectivity index (χ3v) is 5.94. The van der Waals surface area contributed by atoms with Gasteiger partial charge in [-0.25, -0.2) is 4.79 Å². The van der Waals surface area contributed by atoms with Crippen molar-refractivity contribution in [2.24, 2.45) is 0 Å². The summed E-state index contributed by atoms with van der Waals surface area (Å²) < 4.78 is 7.34. The molecule has 0 saturated heterocycles. The number of esters is 1. The fraction of sp³-hybridized carbons (Fsp3) is 0.476. The number of nitrogens with zero attached hydrogens (tertiary/aromatic N) is 2. The van der Waals surface area contributed by atoms with E-state index in [1.165, 1.54) is 23.3 Å². The summed E-state index contributed by atoms with van der Waals surface area (Å²) >= 11 is 1.53. The van der Waals surface area contributed by atoms with Crippen molar-refractivity contribution in [1.82, 2.24) is 14.8 Å². The predicted molar refractivity (Wildman–Crippen MR) is 114 cm³/mol. The number of thiophene rings is 1. The van der Waals surface area contributed by atoms with Gasteiger partial charge in [-0.15, -0.1) is 11.3 Å². The average molecular weight is 420 g/mol. The van der Waals surface area contributed by atoms with Crippen LogP contribution in [0.1, 0.15) is 45.5 Å². The van der Waals surface area contributed by atoms with Gasteiger partial charge < -0.3 is 19.5 Å². The van der Waals surface area contributed by atoms with E-state index in [4.69, 9.17) is 4.74 Å². The largest absolute Gasteiger partial charge is 0.452 e. The summed E-state index contributed by atoms with van der Waals surface area (Å²) in [4.78, 5) is 39.1. The molecule has 8 heteroatoms. The molecule has 0 aliphatic heterocycles. The zero-order valence-corrected chi connectivity index (χ0v) is 18.7. The summed E-state index contributed by atoms with van der Waals surface area (Å²) in [6.45, 7) is 9.84. The molecule has 2 amide bonds. The Morgan fingerprint density at radius 2 is 1.76 bits per heavy atom. The van der Waals surface area contributed by atoms with Crippen LogP contribution >= 0.6 is 11.3 Å². The van der Waals surface area contributed by atoms with E-state index in [1.807, 2.05) is 51.3 Å². The minimum Gasteiger partial charge on any atom is -0.452 e. The number of likely N-dealkylation sites (N-methyl/N-ethyl adjacent to an activating group) is 1. The summed E-state index contributed by atoms with van der Waals surface area (Å²) in [5, 5.41) is 3.51. The smallest absolute Gasteiger partial charge is 0.341 e. The highest BCUT2D eigenvalue weighted by Crippen LogP contribution is 2.33. The Labute approximate surface area is 175 Å². The predicted octanol–water partition coefficient (Wildman–Crippen LogP) is 2.91. The van der Waals surface area contributed by atoms with Crippen molar-refractivity contribution >= 4 is 29.1 Å². The van der Waals surface area contributed by atoms with E-state index >= 15 is 0 Å². The van der Waals surface area contributed by atoms with Crippen molar-refractivity contribution in [3.63, 3.8) is 0 Å². The number of aryl methyl sites for hydroxylation is 3. The molecule has 0 bridgehead atoms. The number of hydrogen-bond donors (Lipinski definition) is 1. The van der Waals surface area contributed by atoms with Gasteiger partial charge in [0.15, 0.2) is 6.61 Å². The molecule has 0 aliphatic carbocycles. The van der Waals surface area contributed by atoms with Gasteiger partial charge in [0.1, 0.15) is 5.00 Å². The third kappa shape index (κ3) is 5.26. The molecule has 0 saturated carbocycles. The van der Waals surface area contributed by atoms with Gasteiger partial charge >= 0.3 is 5.97 Å². The van der Waals surface area contributed by atoms with Crippen molar-refractivity contribution in [2.75, 3.05) is 26.7 Å². The molecule has 2 rings (SSSR count). The molecule has 1 N–H and O–H groups in total. The molecule has 158 valence electrons. The maximum atomic E-state index is 12.8. The minimum absolute atomic E-state index is 0.0695. The quantitative estimate of drug-likeness (QED) is 0.667. The first-order valence-corrected chi connectivity index (χ1v) is 10.4. The number of amides is 2. The fourth-order valence-corrected chi connectivity index (χ4v) is 4.19. The van der Waals surface area contributed by atoms with Crippen LogP contribution in [-0.2, 0) is 14.3 Å². The lowest BCUT2D eigenvalue weighted by atomic mass is 10.1. The topological polar surface area (TPSA) is 80.6 Å². The van der Waals surface area contributed by atoms with Crippen LogP contribution in [0.3, 0.4) is 0 Å². The lowest BCUT2D eigenvalue weighted by Crippen LogP contribution is -2.40.